The molecule has 0 unspecified atom stereocenters. The molecule has 2 N–H and O–H groups in total. The Hall–Kier alpha value is -2.88. The van der Waals surface area contributed by atoms with Crippen molar-refractivity contribution >= 4 is 17.5 Å². The SMILES string of the molecule is C=C(C(=O)O)c1ccc(-c2ccc(C(=O)O)cc2)cc1. The lowest BCUT2D eigenvalue weighted by Gasteiger charge is -2.05. The maximum Gasteiger partial charge on any atom is 0.335 e. The van der Waals surface area contributed by atoms with Crippen LogP contribution in [0, 0.1) is 0 Å². The van der Waals surface area contributed by atoms with Crippen molar-refractivity contribution in [3.8, 4) is 11.1 Å². The lowest BCUT2D eigenvalue weighted by atomic mass is 10.0. The van der Waals surface area contributed by atoms with Crippen molar-refractivity contribution in [2.24, 2.45) is 0 Å². The Morgan fingerprint density at radius 2 is 1.15 bits per heavy atom. The molecule has 4 heteroatoms. The molecule has 0 amide bonds. The fraction of sp³-hybridized carbons (Fsp3) is 0. The molecule has 0 spiro atoms. The van der Waals surface area contributed by atoms with Crippen molar-refractivity contribution in [2.75, 3.05) is 0 Å². The third-order valence-corrected chi connectivity index (χ3v) is 2.96. The largest absolute Gasteiger partial charge is 0.478 e. The van der Waals surface area contributed by atoms with Crippen LogP contribution in [-0.2, 0) is 4.79 Å². The minimum Gasteiger partial charge on any atom is -0.478 e. The van der Waals surface area contributed by atoms with Gasteiger partial charge >= 0.3 is 11.9 Å². The van der Waals surface area contributed by atoms with E-state index < -0.39 is 11.9 Å². The highest BCUT2D eigenvalue weighted by Crippen LogP contribution is 2.22. The highest BCUT2D eigenvalue weighted by Gasteiger charge is 2.07. The third kappa shape index (κ3) is 2.75. The van der Waals surface area contributed by atoms with Crippen molar-refractivity contribution in [2.45, 2.75) is 0 Å². The summed E-state index contributed by atoms with van der Waals surface area (Å²) in [6.07, 6.45) is 0. The molecule has 0 saturated carbocycles. The highest BCUT2D eigenvalue weighted by molar-refractivity contribution is 6.14. The first-order chi connectivity index (χ1) is 9.49. The molecule has 0 aliphatic heterocycles. The topological polar surface area (TPSA) is 74.6 Å². The number of carboxylic acid groups (broad SMARTS) is 2. The standard InChI is InChI=1S/C16H12O4/c1-10(15(17)18)11-2-4-12(5-3-11)13-6-8-14(9-7-13)16(19)20/h2-9H,1H2,(H,17,18)(H,19,20). The maximum atomic E-state index is 10.8. The molecule has 2 aromatic carbocycles. The second-order valence-electron chi connectivity index (χ2n) is 4.24. The van der Waals surface area contributed by atoms with E-state index in [4.69, 9.17) is 10.2 Å². The van der Waals surface area contributed by atoms with E-state index in [1.807, 2.05) is 0 Å². The van der Waals surface area contributed by atoms with Crippen molar-refractivity contribution in [3.63, 3.8) is 0 Å². The van der Waals surface area contributed by atoms with Gasteiger partial charge in [0.2, 0.25) is 0 Å². The number of hydrogen-bond acceptors (Lipinski definition) is 2. The summed E-state index contributed by atoms with van der Waals surface area (Å²) in [6.45, 7) is 3.49. The third-order valence-electron chi connectivity index (χ3n) is 2.96. The van der Waals surface area contributed by atoms with Gasteiger partial charge in [0.1, 0.15) is 0 Å². The van der Waals surface area contributed by atoms with Crippen LogP contribution in [0.3, 0.4) is 0 Å². The molecule has 0 fully saturated rings. The second-order valence-corrected chi connectivity index (χ2v) is 4.24. The van der Waals surface area contributed by atoms with Crippen LogP contribution >= 0.6 is 0 Å². The van der Waals surface area contributed by atoms with Gasteiger partial charge in [-0.3, -0.25) is 0 Å². The summed E-state index contributed by atoms with van der Waals surface area (Å²) in [5.74, 6) is -2.02. The van der Waals surface area contributed by atoms with Gasteiger partial charge in [0, 0.05) is 0 Å². The first-order valence-corrected chi connectivity index (χ1v) is 5.85. The van der Waals surface area contributed by atoms with Gasteiger partial charge in [0.05, 0.1) is 11.1 Å². The zero-order chi connectivity index (χ0) is 14.7. The van der Waals surface area contributed by atoms with Gasteiger partial charge in [-0.05, 0) is 28.8 Å². The van der Waals surface area contributed by atoms with Crippen LogP contribution in [0.5, 0.6) is 0 Å². The summed E-state index contributed by atoms with van der Waals surface area (Å²) in [5.41, 5.74) is 2.55. The van der Waals surface area contributed by atoms with Crippen LogP contribution in [0.25, 0.3) is 16.7 Å². The first kappa shape index (κ1) is 13.5. The van der Waals surface area contributed by atoms with Crippen LogP contribution in [0.1, 0.15) is 15.9 Å². The van der Waals surface area contributed by atoms with Crippen LogP contribution < -0.4 is 0 Å². The van der Waals surface area contributed by atoms with Crippen molar-refractivity contribution in [1.29, 1.82) is 0 Å². The summed E-state index contributed by atoms with van der Waals surface area (Å²) in [4.78, 5) is 21.6. The summed E-state index contributed by atoms with van der Waals surface area (Å²) < 4.78 is 0. The monoisotopic (exact) mass is 268 g/mol. The van der Waals surface area contributed by atoms with Gasteiger partial charge in [0.25, 0.3) is 0 Å². The van der Waals surface area contributed by atoms with E-state index in [0.29, 0.717) is 5.56 Å². The molecule has 0 radical (unpaired) electrons. The van der Waals surface area contributed by atoms with E-state index in [1.54, 1.807) is 36.4 Å². The fourth-order valence-corrected chi connectivity index (χ4v) is 1.79. The summed E-state index contributed by atoms with van der Waals surface area (Å²) in [5, 5.41) is 17.7. The quantitative estimate of drug-likeness (QED) is 0.835. The number of aliphatic carboxylic acids is 1. The molecule has 0 bridgehead atoms. The van der Waals surface area contributed by atoms with Crippen molar-refractivity contribution < 1.29 is 19.8 Å². The highest BCUT2D eigenvalue weighted by atomic mass is 16.4. The number of aromatic carboxylic acids is 1. The van der Waals surface area contributed by atoms with Crippen LogP contribution in [0.2, 0.25) is 0 Å². The lowest BCUT2D eigenvalue weighted by molar-refractivity contribution is -0.130. The van der Waals surface area contributed by atoms with Crippen molar-refractivity contribution in [3.05, 3.63) is 66.2 Å². The van der Waals surface area contributed by atoms with Crippen molar-refractivity contribution in [1.82, 2.24) is 0 Å². The van der Waals surface area contributed by atoms with Gasteiger partial charge in [-0.15, -0.1) is 0 Å². The van der Waals surface area contributed by atoms with Gasteiger partial charge < -0.3 is 10.2 Å². The van der Waals surface area contributed by atoms with Gasteiger partial charge in [-0.25, -0.2) is 9.59 Å². The fourth-order valence-electron chi connectivity index (χ4n) is 1.79. The van der Waals surface area contributed by atoms with E-state index in [2.05, 4.69) is 6.58 Å². The minimum atomic E-state index is -1.05. The Morgan fingerprint density at radius 3 is 1.50 bits per heavy atom. The molecular formula is C16H12O4. The molecule has 0 aliphatic rings. The average Bonchev–Trinajstić information content (AvgIpc) is 2.46. The zero-order valence-corrected chi connectivity index (χ0v) is 10.5. The number of carbonyl (C=O) groups is 2. The van der Waals surface area contributed by atoms with Crippen LogP contribution in [-0.4, -0.2) is 22.2 Å². The van der Waals surface area contributed by atoms with Gasteiger partial charge in [-0.1, -0.05) is 43.0 Å². The Morgan fingerprint density at radius 1 is 0.750 bits per heavy atom. The number of carboxylic acids is 2. The first-order valence-electron chi connectivity index (χ1n) is 5.85. The molecule has 2 rings (SSSR count). The number of hydrogen-bond donors (Lipinski definition) is 2. The number of rotatable bonds is 4. The van der Waals surface area contributed by atoms with Gasteiger partial charge in [0.15, 0.2) is 0 Å². The molecule has 0 aromatic heterocycles. The van der Waals surface area contributed by atoms with E-state index in [9.17, 15) is 9.59 Å². The molecule has 20 heavy (non-hydrogen) atoms. The molecule has 0 heterocycles. The molecule has 4 nitrogen and oxygen atoms in total. The zero-order valence-electron chi connectivity index (χ0n) is 10.5. The molecule has 0 atom stereocenters. The predicted octanol–water partition coefficient (Wildman–Crippen LogP) is 3.15. The molecule has 2 aromatic rings. The molecule has 0 saturated heterocycles. The van der Waals surface area contributed by atoms with E-state index in [-0.39, 0.29) is 11.1 Å². The van der Waals surface area contributed by atoms with Gasteiger partial charge in [-0.2, -0.15) is 0 Å². The number of benzene rings is 2. The summed E-state index contributed by atoms with van der Waals surface area (Å²) in [7, 11) is 0. The predicted molar refractivity (Wildman–Crippen MR) is 75.5 cm³/mol. The van der Waals surface area contributed by atoms with E-state index in [1.165, 1.54) is 12.1 Å². The smallest absolute Gasteiger partial charge is 0.335 e. The Labute approximate surface area is 115 Å². The molecule has 0 aliphatic carbocycles. The Kier molecular flexibility index (Phi) is 3.66. The van der Waals surface area contributed by atoms with E-state index in [0.717, 1.165) is 11.1 Å². The van der Waals surface area contributed by atoms with Crippen LogP contribution in [0.4, 0.5) is 0 Å². The summed E-state index contributed by atoms with van der Waals surface area (Å²) >= 11 is 0. The second kappa shape index (κ2) is 5.40. The normalized spacial score (nSPS) is 10.0. The summed E-state index contributed by atoms with van der Waals surface area (Å²) in [6, 6.07) is 13.4. The lowest BCUT2D eigenvalue weighted by Crippen LogP contribution is -1.97. The molecule has 100 valence electrons. The maximum absolute atomic E-state index is 10.8. The Bertz CT molecular complexity index is 667. The van der Waals surface area contributed by atoms with Crippen LogP contribution in [0.15, 0.2) is 55.1 Å². The van der Waals surface area contributed by atoms with E-state index >= 15 is 0 Å². The average molecular weight is 268 g/mol. The minimum absolute atomic E-state index is 0.0396. The Balaban J connectivity index is 2.28. The molecular weight excluding hydrogens is 256 g/mol.